The maximum absolute atomic E-state index is 2.69. The molecule has 0 saturated heterocycles. The number of hydrogen-bond acceptors (Lipinski definition) is 3. The van der Waals surface area contributed by atoms with E-state index in [4.69, 9.17) is 0 Å². The molecule has 6 heteroatoms. The van der Waals surface area contributed by atoms with E-state index in [1.165, 1.54) is 133 Å². The molecular weight excluding hydrogens is 976 g/mol. The molecule has 79 heavy (non-hydrogen) atoms. The summed E-state index contributed by atoms with van der Waals surface area (Å²) in [5, 5.41) is 0. The summed E-state index contributed by atoms with van der Waals surface area (Å²) in [4.78, 5) is 7.94. The van der Waals surface area contributed by atoms with E-state index < -0.39 is 0 Å². The molecule has 4 heterocycles. The van der Waals surface area contributed by atoms with E-state index in [0.29, 0.717) is 11.8 Å². The average molecular weight is 1060 g/mol. The van der Waals surface area contributed by atoms with E-state index >= 15 is 0 Å². The van der Waals surface area contributed by atoms with Crippen molar-refractivity contribution in [2.24, 2.45) is 7.05 Å². The maximum Gasteiger partial charge on any atom is 0.295 e. The first-order valence-electron chi connectivity index (χ1n) is 29.0. The number of aryl methyl sites for hydroxylation is 2. The van der Waals surface area contributed by atoms with Crippen molar-refractivity contribution in [1.29, 1.82) is 0 Å². The summed E-state index contributed by atoms with van der Waals surface area (Å²) >= 11 is 1.96. The van der Waals surface area contributed by atoms with Gasteiger partial charge in [-0.25, -0.2) is 4.57 Å². The largest absolute Gasteiger partial charge is 0.311 e. The zero-order valence-corrected chi connectivity index (χ0v) is 51.1. The van der Waals surface area contributed by atoms with Crippen molar-refractivity contribution in [2.45, 2.75) is 161 Å². The van der Waals surface area contributed by atoms with Crippen LogP contribution in [0.3, 0.4) is 0 Å². The predicted octanol–water partition coefficient (Wildman–Crippen LogP) is 18.1. The third-order valence-electron chi connectivity index (χ3n) is 17.5. The van der Waals surface area contributed by atoms with Crippen LogP contribution in [0.5, 0.6) is 0 Å². The van der Waals surface area contributed by atoms with Gasteiger partial charge in [-0.05, 0) is 157 Å². The van der Waals surface area contributed by atoms with Gasteiger partial charge in [0.25, 0.3) is 12.5 Å². The lowest BCUT2D eigenvalue weighted by Crippen LogP contribution is -2.62. The Bertz CT molecular complexity index is 3930. The molecule has 0 radical (unpaired) electrons. The molecular formula is C73H80BN4S+. The predicted molar refractivity (Wildman–Crippen MR) is 341 cm³/mol. The minimum Gasteiger partial charge on any atom is -0.311 e. The van der Waals surface area contributed by atoms with E-state index in [-0.39, 0.29) is 28.4 Å². The average Bonchev–Trinajstić information content (AvgIpc) is 2.61. The summed E-state index contributed by atoms with van der Waals surface area (Å²) < 4.78 is 5.13. The number of fused-ring (bicyclic) bond motifs is 7. The summed E-state index contributed by atoms with van der Waals surface area (Å²) in [6.07, 6.45) is 0. The van der Waals surface area contributed by atoms with Gasteiger partial charge in [0.15, 0.2) is 11.0 Å². The molecule has 0 N–H and O–H groups in total. The highest BCUT2D eigenvalue weighted by Crippen LogP contribution is 2.56. The van der Waals surface area contributed by atoms with E-state index in [1.807, 2.05) is 11.8 Å². The molecule has 0 fully saturated rings. The Labute approximate surface area is 477 Å². The van der Waals surface area contributed by atoms with Gasteiger partial charge in [-0.1, -0.05) is 201 Å². The second-order valence-electron chi connectivity index (χ2n) is 27.8. The van der Waals surface area contributed by atoms with Crippen molar-refractivity contribution >= 4 is 80.0 Å². The Morgan fingerprint density at radius 3 is 1.61 bits per heavy atom. The molecule has 1 aromatic heterocycles. The van der Waals surface area contributed by atoms with E-state index in [0.717, 1.165) is 5.69 Å². The highest BCUT2D eigenvalue weighted by molar-refractivity contribution is 7.99. The Morgan fingerprint density at radius 2 is 1.00 bits per heavy atom. The van der Waals surface area contributed by atoms with Gasteiger partial charge in [0.1, 0.15) is 5.69 Å². The number of hydrogen-bond donors (Lipinski definition) is 0. The summed E-state index contributed by atoms with van der Waals surface area (Å²) in [6, 6.07) is 57.5. The Balaban J connectivity index is 1.27. The summed E-state index contributed by atoms with van der Waals surface area (Å²) in [5.41, 5.74) is 28.0. The molecule has 9 aromatic rings. The zero-order valence-electron chi connectivity index (χ0n) is 50.3. The van der Waals surface area contributed by atoms with Crippen LogP contribution >= 0.6 is 11.8 Å². The quantitative estimate of drug-likeness (QED) is 0.122. The normalized spacial score (nSPS) is 14.1. The first-order valence-corrected chi connectivity index (χ1v) is 29.8. The SMILES string of the molecule is Cc1ccccc1-c1n(-c2c(C(C)C)cccc2C(C)C)c2c(-c3cc4c5c(c3)N3c6ccc(C(C)(C)C)cc6Sc6cc(C(C)(C)C)cc(c63)B5c3cc(C(C)(C)C)ccc3N4c3ccc(C(C)(C)C)cc3)cccc2[n+]1C. The molecule has 3 aliphatic heterocycles. The van der Waals surface area contributed by atoms with Crippen LogP contribution in [-0.2, 0) is 28.7 Å². The molecule has 3 aliphatic rings. The smallest absolute Gasteiger partial charge is 0.295 e. The lowest BCUT2D eigenvalue weighted by atomic mass is 9.33. The van der Waals surface area contributed by atoms with E-state index in [9.17, 15) is 0 Å². The van der Waals surface area contributed by atoms with Crippen molar-refractivity contribution in [2.75, 3.05) is 9.80 Å². The van der Waals surface area contributed by atoms with Gasteiger partial charge in [0.2, 0.25) is 0 Å². The third-order valence-corrected chi connectivity index (χ3v) is 18.6. The Hall–Kier alpha value is -6.76. The number of benzene rings is 8. The van der Waals surface area contributed by atoms with E-state index in [2.05, 4.69) is 289 Å². The van der Waals surface area contributed by atoms with Gasteiger partial charge < -0.3 is 9.80 Å². The van der Waals surface area contributed by atoms with Crippen LogP contribution in [0.4, 0.5) is 34.1 Å². The standard InChI is InChI=1S/C73H80BN4S/c1-43(2)52-25-21-26-53(44(3)4)66(52)78-67-55(27-22-28-60(67)75(18)69(78)54-24-20-19-23-45(54)5)46-37-61-65-62(38-46)77-59-36-32-49(72(12,13)14)41-63(59)79-64-42-50(73(15,16)17)40-57(68(64)77)74(65)56-39-48(71(9,10)11)31-35-58(56)76(61)51-33-29-47(30-34-51)70(6,7)8/h19-44H,1-18H3/q+1. The van der Waals surface area contributed by atoms with Crippen LogP contribution in [0.1, 0.15) is 162 Å². The third kappa shape index (κ3) is 8.52. The molecule has 0 atom stereocenters. The highest BCUT2D eigenvalue weighted by atomic mass is 32.2. The van der Waals surface area contributed by atoms with Crippen LogP contribution in [0, 0.1) is 6.92 Å². The topological polar surface area (TPSA) is 15.3 Å². The lowest BCUT2D eigenvalue weighted by Gasteiger charge is -2.47. The van der Waals surface area contributed by atoms with Crippen LogP contribution in [0.15, 0.2) is 155 Å². The number of nitrogens with zero attached hydrogens (tertiary/aromatic N) is 4. The summed E-state index contributed by atoms with van der Waals surface area (Å²) in [6.45, 7) is 39.9. The van der Waals surface area contributed by atoms with Crippen molar-refractivity contribution in [1.82, 2.24) is 4.57 Å². The van der Waals surface area contributed by atoms with Crippen molar-refractivity contribution < 1.29 is 4.57 Å². The van der Waals surface area contributed by atoms with Gasteiger partial charge in [-0.2, -0.15) is 4.57 Å². The number of aromatic nitrogens is 2. The number of para-hydroxylation sites is 2. The monoisotopic (exact) mass is 1060 g/mol. The first kappa shape index (κ1) is 52.9. The van der Waals surface area contributed by atoms with Gasteiger partial charge in [-0.3, -0.25) is 0 Å². The maximum atomic E-state index is 2.69. The molecule has 4 nitrogen and oxygen atoms in total. The van der Waals surface area contributed by atoms with Crippen molar-refractivity contribution in [3.63, 3.8) is 0 Å². The summed E-state index contributed by atoms with van der Waals surface area (Å²) in [7, 11) is 2.28. The molecule has 8 aromatic carbocycles. The molecule has 0 spiro atoms. The summed E-state index contributed by atoms with van der Waals surface area (Å²) in [5.74, 6) is 1.77. The van der Waals surface area contributed by atoms with Crippen LogP contribution in [-0.4, -0.2) is 11.3 Å². The second kappa shape index (κ2) is 18.4. The minimum absolute atomic E-state index is 0.00727. The fourth-order valence-electron chi connectivity index (χ4n) is 13.0. The van der Waals surface area contributed by atoms with Crippen LogP contribution < -0.4 is 30.8 Å². The van der Waals surface area contributed by atoms with Crippen LogP contribution in [0.2, 0.25) is 0 Å². The fourth-order valence-corrected chi connectivity index (χ4v) is 14.2. The molecule has 400 valence electrons. The first-order chi connectivity index (χ1) is 37.2. The minimum atomic E-state index is -0.0759. The Kier molecular flexibility index (Phi) is 12.3. The second-order valence-corrected chi connectivity index (χ2v) is 28.9. The fraction of sp³-hybridized carbons (Fsp3) is 0.329. The number of imidazole rings is 1. The zero-order chi connectivity index (χ0) is 56.2. The molecule has 0 aliphatic carbocycles. The van der Waals surface area contributed by atoms with Gasteiger partial charge in [-0.15, -0.1) is 0 Å². The molecule has 0 unspecified atom stereocenters. The lowest BCUT2D eigenvalue weighted by molar-refractivity contribution is -0.633. The molecule has 0 saturated carbocycles. The van der Waals surface area contributed by atoms with Gasteiger partial charge in [0.05, 0.1) is 24.0 Å². The van der Waals surface area contributed by atoms with E-state index in [1.54, 1.807) is 0 Å². The molecule has 12 rings (SSSR count). The molecule has 0 amide bonds. The Morgan fingerprint density at radius 1 is 0.468 bits per heavy atom. The van der Waals surface area contributed by atoms with Crippen molar-refractivity contribution in [3.05, 3.63) is 185 Å². The number of rotatable bonds is 6. The number of anilines is 6. The highest BCUT2D eigenvalue weighted by Gasteiger charge is 2.47. The van der Waals surface area contributed by atoms with Gasteiger partial charge in [0, 0.05) is 49.2 Å². The molecule has 0 bridgehead atoms. The van der Waals surface area contributed by atoms with Gasteiger partial charge >= 0.3 is 0 Å². The van der Waals surface area contributed by atoms with Crippen molar-refractivity contribution in [3.8, 4) is 28.2 Å². The van der Waals surface area contributed by atoms with Crippen LogP contribution in [0.25, 0.3) is 39.2 Å².